The molecule has 0 saturated carbocycles. The van der Waals surface area contributed by atoms with E-state index in [2.05, 4.69) is 26.1 Å². The zero-order chi connectivity index (χ0) is 29.3. The fourth-order valence-electron chi connectivity index (χ4n) is 3.76. The quantitative estimate of drug-likeness (QED) is 0.129. The number of benzene rings is 3. The summed E-state index contributed by atoms with van der Waals surface area (Å²) in [6, 6.07) is 28.8. The van der Waals surface area contributed by atoms with Gasteiger partial charge in [0.05, 0.1) is 5.75 Å². The van der Waals surface area contributed by atoms with Gasteiger partial charge in [0, 0.05) is 27.8 Å². The number of aromatic nitrogens is 2. The molecule has 0 aliphatic heterocycles. The highest BCUT2D eigenvalue weighted by atomic mass is 32.2. The van der Waals surface area contributed by atoms with Crippen molar-refractivity contribution in [1.82, 2.24) is 15.5 Å². The summed E-state index contributed by atoms with van der Waals surface area (Å²) in [5.74, 6) is 0.0874. The second kappa shape index (κ2) is 13.6. The SMILES string of the molecule is Cc1nnc(NC(=O)CSc2ccc(NC(=O)C(=Cc3ccc(-c4ccccc4)o3)NC(=O)c3ccccc3)cc2)s1. The minimum absolute atomic E-state index is 0.0138. The van der Waals surface area contributed by atoms with Crippen LogP contribution in [0.15, 0.2) is 112 Å². The molecule has 0 bridgehead atoms. The third-order valence-electron chi connectivity index (χ3n) is 5.75. The van der Waals surface area contributed by atoms with Crippen LogP contribution < -0.4 is 16.0 Å². The Kier molecular flexibility index (Phi) is 9.22. The van der Waals surface area contributed by atoms with E-state index in [0.29, 0.717) is 27.9 Å². The fraction of sp³-hybridized carbons (Fsp3) is 0.0645. The highest BCUT2D eigenvalue weighted by molar-refractivity contribution is 8.00. The van der Waals surface area contributed by atoms with Crippen LogP contribution in [0.2, 0.25) is 0 Å². The van der Waals surface area contributed by atoms with Crippen LogP contribution in [0.25, 0.3) is 17.4 Å². The van der Waals surface area contributed by atoms with Gasteiger partial charge in [0.15, 0.2) is 0 Å². The number of carbonyl (C=O) groups is 3. The van der Waals surface area contributed by atoms with Crippen molar-refractivity contribution < 1.29 is 18.8 Å². The van der Waals surface area contributed by atoms with Gasteiger partial charge >= 0.3 is 0 Å². The summed E-state index contributed by atoms with van der Waals surface area (Å²) in [5.41, 5.74) is 1.83. The summed E-state index contributed by atoms with van der Waals surface area (Å²) in [5, 5.41) is 17.3. The number of amides is 3. The number of furan rings is 1. The first kappa shape index (κ1) is 28.5. The lowest BCUT2D eigenvalue weighted by molar-refractivity contribution is -0.114. The Hall–Kier alpha value is -5.00. The van der Waals surface area contributed by atoms with Gasteiger partial charge in [-0.15, -0.1) is 22.0 Å². The van der Waals surface area contributed by atoms with Crippen LogP contribution in [0.3, 0.4) is 0 Å². The van der Waals surface area contributed by atoms with Crippen molar-refractivity contribution in [3.63, 3.8) is 0 Å². The molecule has 5 rings (SSSR count). The number of hydrogen-bond acceptors (Lipinski definition) is 8. The third kappa shape index (κ3) is 7.80. The Balaban J connectivity index is 1.27. The maximum absolute atomic E-state index is 13.3. The number of carbonyl (C=O) groups excluding carboxylic acids is 3. The van der Waals surface area contributed by atoms with E-state index >= 15 is 0 Å². The zero-order valence-corrected chi connectivity index (χ0v) is 24.0. The van der Waals surface area contributed by atoms with Gasteiger partial charge in [-0.2, -0.15) is 0 Å². The number of nitrogens with zero attached hydrogens (tertiary/aromatic N) is 2. The number of hydrogen-bond donors (Lipinski definition) is 3. The van der Waals surface area contributed by atoms with Gasteiger partial charge in [-0.05, 0) is 55.5 Å². The van der Waals surface area contributed by atoms with Crippen molar-refractivity contribution in [2.75, 3.05) is 16.4 Å². The molecule has 0 aliphatic rings. The lowest BCUT2D eigenvalue weighted by Crippen LogP contribution is -2.30. The van der Waals surface area contributed by atoms with Crippen molar-refractivity contribution in [3.05, 3.63) is 119 Å². The number of rotatable bonds is 10. The van der Waals surface area contributed by atoms with Crippen molar-refractivity contribution in [1.29, 1.82) is 0 Å². The lowest BCUT2D eigenvalue weighted by Gasteiger charge is -2.11. The molecular formula is C31H25N5O4S2. The second-order valence-corrected chi connectivity index (χ2v) is 11.1. The molecule has 9 nitrogen and oxygen atoms in total. The Labute approximate surface area is 250 Å². The first-order chi connectivity index (χ1) is 20.4. The summed E-state index contributed by atoms with van der Waals surface area (Å²) < 4.78 is 5.94. The molecule has 3 amide bonds. The summed E-state index contributed by atoms with van der Waals surface area (Å²) in [6.45, 7) is 1.82. The molecule has 2 heterocycles. The molecule has 2 aromatic heterocycles. The highest BCUT2D eigenvalue weighted by Gasteiger charge is 2.16. The Morgan fingerprint density at radius 3 is 2.26 bits per heavy atom. The first-order valence-corrected chi connectivity index (χ1v) is 14.6. The topological polar surface area (TPSA) is 126 Å². The fourth-order valence-corrected chi connectivity index (χ4v) is 5.06. The largest absolute Gasteiger partial charge is 0.457 e. The predicted molar refractivity (Wildman–Crippen MR) is 165 cm³/mol. The number of nitrogens with one attached hydrogen (secondary N) is 3. The highest BCUT2D eigenvalue weighted by Crippen LogP contribution is 2.24. The molecular weight excluding hydrogens is 571 g/mol. The van der Waals surface area contributed by atoms with Crippen LogP contribution in [-0.4, -0.2) is 33.7 Å². The molecule has 0 spiro atoms. The normalized spacial score (nSPS) is 11.1. The Morgan fingerprint density at radius 1 is 0.857 bits per heavy atom. The van der Waals surface area contributed by atoms with E-state index in [0.717, 1.165) is 15.5 Å². The van der Waals surface area contributed by atoms with Crippen LogP contribution >= 0.6 is 23.1 Å². The minimum Gasteiger partial charge on any atom is -0.457 e. The minimum atomic E-state index is -0.524. The van der Waals surface area contributed by atoms with Gasteiger partial charge in [-0.1, -0.05) is 59.9 Å². The van der Waals surface area contributed by atoms with Crippen LogP contribution in [-0.2, 0) is 9.59 Å². The lowest BCUT2D eigenvalue weighted by atomic mass is 10.2. The van der Waals surface area contributed by atoms with E-state index < -0.39 is 11.8 Å². The molecule has 11 heteroatoms. The van der Waals surface area contributed by atoms with Crippen molar-refractivity contribution in [2.45, 2.75) is 11.8 Å². The van der Waals surface area contributed by atoms with Crippen molar-refractivity contribution >= 4 is 57.7 Å². The summed E-state index contributed by atoms with van der Waals surface area (Å²) in [7, 11) is 0. The average Bonchev–Trinajstić information content (AvgIpc) is 3.66. The molecule has 0 aliphatic carbocycles. The van der Waals surface area contributed by atoms with Crippen LogP contribution in [0.5, 0.6) is 0 Å². The van der Waals surface area contributed by atoms with Gasteiger partial charge in [-0.3, -0.25) is 19.7 Å². The molecule has 0 unspecified atom stereocenters. The average molecular weight is 596 g/mol. The van der Waals surface area contributed by atoms with Crippen molar-refractivity contribution in [2.24, 2.45) is 0 Å². The van der Waals surface area contributed by atoms with E-state index in [-0.39, 0.29) is 17.4 Å². The number of thioether (sulfide) groups is 1. The smallest absolute Gasteiger partial charge is 0.272 e. The molecule has 210 valence electrons. The van der Waals surface area contributed by atoms with Gasteiger partial charge in [0.1, 0.15) is 22.2 Å². The second-order valence-electron chi connectivity index (χ2n) is 8.89. The molecule has 0 fully saturated rings. The monoisotopic (exact) mass is 595 g/mol. The Bertz CT molecular complexity index is 1720. The van der Waals surface area contributed by atoms with Crippen LogP contribution in [0.1, 0.15) is 21.1 Å². The molecule has 3 N–H and O–H groups in total. The predicted octanol–water partition coefficient (Wildman–Crippen LogP) is 6.25. The number of anilines is 2. The first-order valence-electron chi connectivity index (χ1n) is 12.8. The van der Waals surface area contributed by atoms with Crippen LogP contribution in [0.4, 0.5) is 10.8 Å². The Morgan fingerprint density at radius 2 is 1.57 bits per heavy atom. The third-order valence-corrected chi connectivity index (χ3v) is 7.52. The summed E-state index contributed by atoms with van der Waals surface area (Å²) in [4.78, 5) is 39.3. The van der Waals surface area contributed by atoms with E-state index in [1.165, 1.54) is 29.2 Å². The maximum atomic E-state index is 13.3. The molecule has 3 aromatic carbocycles. The van der Waals surface area contributed by atoms with E-state index in [1.807, 2.05) is 43.3 Å². The summed E-state index contributed by atoms with van der Waals surface area (Å²) in [6.07, 6.45) is 1.49. The molecule has 0 saturated heterocycles. The standard InChI is InChI=1S/C31H25N5O4S2/c1-20-35-36-31(42-20)34-28(37)19-41-25-15-12-23(13-16-25)32-30(39)26(33-29(38)22-10-6-3-7-11-22)18-24-14-17-27(40-24)21-8-4-2-5-9-21/h2-18H,19H2,1H3,(H,32,39)(H,33,38)(H,34,36,37). The summed E-state index contributed by atoms with van der Waals surface area (Å²) >= 11 is 2.66. The van der Waals surface area contributed by atoms with Gasteiger partial charge in [-0.25, -0.2) is 0 Å². The van der Waals surface area contributed by atoms with Gasteiger partial charge in [0.25, 0.3) is 11.8 Å². The van der Waals surface area contributed by atoms with E-state index in [9.17, 15) is 14.4 Å². The van der Waals surface area contributed by atoms with Gasteiger partial charge < -0.3 is 15.1 Å². The molecule has 42 heavy (non-hydrogen) atoms. The van der Waals surface area contributed by atoms with E-state index in [1.54, 1.807) is 60.7 Å². The molecule has 5 aromatic rings. The maximum Gasteiger partial charge on any atom is 0.272 e. The van der Waals surface area contributed by atoms with Crippen molar-refractivity contribution in [3.8, 4) is 11.3 Å². The number of aryl methyl sites for hydroxylation is 1. The molecule has 0 radical (unpaired) electrons. The van der Waals surface area contributed by atoms with Crippen LogP contribution in [0, 0.1) is 6.92 Å². The van der Waals surface area contributed by atoms with E-state index in [4.69, 9.17) is 4.42 Å². The zero-order valence-electron chi connectivity index (χ0n) is 22.4. The molecule has 0 atom stereocenters. The van der Waals surface area contributed by atoms with Gasteiger partial charge in [0.2, 0.25) is 11.0 Å².